The predicted molar refractivity (Wildman–Crippen MR) is 132 cm³/mol. The maximum atomic E-state index is 11.8. The molecule has 0 aliphatic rings. The molecule has 0 aliphatic heterocycles. The van der Waals surface area contributed by atoms with Crippen LogP contribution >= 0.6 is 7.82 Å². The summed E-state index contributed by atoms with van der Waals surface area (Å²) in [4.78, 5) is 28.8. The molecule has 0 atom stereocenters. The molecule has 0 aromatic rings. The lowest BCUT2D eigenvalue weighted by Crippen LogP contribution is -2.08. The van der Waals surface area contributed by atoms with Crippen molar-refractivity contribution in [2.75, 3.05) is 19.8 Å². The zero-order valence-electron chi connectivity index (χ0n) is 20.7. The third kappa shape index (κ3) is 27.8. The second kappa shape index (κ2) is 23.9. The summed E-state index contributed by atoms with van der Waals surface area (Å²) >= 11 is 0. The van der Waals surface area contributed by atoms with E-state index in [2.05, 4.69) is 11.4 Å². The van der Waals surface area contributed by atoms with Gasteiger partial charge >= 0.3 is 7.82 Å². The topological polar surface area (TPSA) is 93.1 Å². The van der Waals surface area contributed by atoms with E-state index in [1.165, 1.54) is 103 Å². The quantitative estimate of drug-likeness (QED) is 0.0987. The van der Waals surface area contributed by atoms with Gasteiger partial charge in [-0.3, -0.25) is 9.32 Å². The summed E-state index contributed by atoms with van der Waals surface area (Å²) in [5.41, 5.74) is 0. The number of phosphoric acid groups is 1. The second-order valence-corrected chi connectivity index (χ2v) is 10.2. The van der Waals surface area contributed by atoms with E-state index in [1.807, 2.05) is 0 Å². The Morgan fingerprint density at radius 2 is 1.00 bits per heavy atom. The highest BCUT2D eigenvalue weighted by atomic mass is 31.2. The highest BCUT2D eigenvalue weighted by molar-refractivity contribution is 7.46. The fourth-order valence-corrected chi connectivity index (χ4v) is 4.16. The third-order valence-corrected chi connectivity index (χ3v) is 6.34. The average Bonchev–Trinajstić information content (AvgIpc) is 2.74. The van der Waals surface area contributed by atoms with Gasteiger partial charge in [0.2, 0.25) is 0 Å². The van der Waals surface area contributed by atoms with E-state index in [1.54, 1.807) is 0 Å². The third-order valence-electron chi connectivity index (χ3n) is 5.82. The minimum absolute atomic E-state index is 0.0809. The molecule has 0 saturated heterocycles. The van der Waals surface area contributed by atoms with Gasteiger partial charge in [0.15, 0.2) is 0 Å². The number of ketones is 1. The number of carbonyl (C=O) groups excluding carboxylic acids is 1. The first kappa shape index (κ1) is 31.7. The van der Waals surface area contributed by atoms with Crippen molar-refractivity contribution in [2.45, 2.75) is 135 Å². The first-order chi connectivity index (χ1) is 15.5. The van der Waals surface area contributed by atoms with Gasteiger partial charge in [-0.15, -0.1) is 0 Å². The first-order valence-electron chi connectivity index (χ1n) is 13.2. The Balaban J connectivity index is 3.16. The molecule has 0 unspecified atom stereocenters. The van der Waals surface area contributed by atoms with Crippen LogP contribution in [0.5, 0.6) is 0 Å². The van der Waals surface area contributed by atoms with Crippen molar-refractivity contribution in [2.24, 2.45) is 0 Å². The Kier molecular flexibility index (Phi) is 23.7. The van der Waals surface area contributed by atoms with Gasteiger partial charge in [0.05, 0.1) is 19.8 Å². The fraction of sp³-hybridized carbons (Fsp3) is 0.960. The maximum Gasteiger partial charge on any atom is 0.469 e. The molecule has 0 aromatic carbocycles. The van der Waals surface area contributed by atoms with Gasteiger partial charge in [-0.2, -0.15) is 0 Å². The fourth-order valence-electron chi connectivity index (χ4n) is 3.85. The summed E-state index contributed by atoms with van der Waals surface area (Å²) in [6.45, 7) is 2.47. The summed E-state index contributed by atoms with van der Waals surface area (Å²) < 4.78 is 19.9. The molecule has 0 aliphatic carbocycles. The van der Waals surface area contributed by atoms with Gasteiger partial charge in [-0.1, -0.05) is 116 Å². The number of carbonyl (C=O) groups is 1. The van der Waals surface area contributed by atoms with Gasteiger partial charge in [0, 0.05) is 12.8 Å². The lowest BCUT2D eigenvalue weighted by molar-refractivity contribution is -0.120. The molecule has 0 aromatic heterocycles. The van der Waals surface area contributed by atoms with Crippen molar-refractivity contribution in [3.8, 4) is 0 Å². The molecule has 32 heavy (non-hydrogen) atoms. The first-order valence-corrected chi connectivity index (χ1v) is 14.8. The molecule has 0 spiro atoms. The van der Waals surface area contributed by atoms with Crippen molar-refractivity contribution in [3.63, 3.8) is 0 Å². The van der Waals surface area contributed by atoms with E-state index in [0.29, 0.717) is 12.8 Å². The Morgan fingerprint density at radius 1 is 0.594 bits per heavy atom. The molecular formula is C25H51O6P. The zero-order chi connectivity index (χ0) is 23.8. The van der Waals surface area contributed by atoms with E-state index in [4.69, 9.17) is 14.5 Å². The summed E-state index contributed by atoms with van der Waals surface area (Å²) in [6.07, 6.45) is 25.0. The molecule has 7 heteroatoms. The van der Waals surface area contributed by atoms with E-state index in [0.717, 1.165) is 12.8 Å². The standard InChI is InChI=1S/C25H51O6P/c1-2-3-4-5-6-7-8-9-10-11-12-13-14-15-16-17-18-19-20-25(26)21-22-30-23-24-31-32(27,28)29/h2-24H2,1H3,(H2,27,28,29). The van der Waals surface area contributed by atoms with Crippen LogP contribution in [0.1, 0.15) is 135 Å². The molecular weight excluding hydrogens is 427 g/mol. The van der Waals surface area contributed by atoms with Crippen molar-refractivity contribution in [3.05, 3.63) is 0 Å². The molecule has 0 heterocycles. The minimum Gasteiger partial charge on any atom is -0.379 e. The van der Waals surface area contributed by atoms with Crippen LogP contribution < -0.4 is 0 Å². The van der Waals surface area contributed by atoms with E-state index < -0.39 is 7.82 Å². The number of phosphoric ester groups is 1. The number of ether oxygens (including phenoxy) is 1. The molecule has 2 N–H and O–H groups in total. The van der Waals surface area contributed by atoms with Gasteiger partial charge in [0.1, 0.15) is 5.78 Å². The molecule has 0 fully saturated rings. The Bertz CT molecular complexity index is 452. The molecule has 0 amide bonds. The number of hydrogen-bond donors (Lipinski definition) is 2. The Hall–Kier alpha value is -0.260. The van der Waals surface area contributed by atoms with E-state index >= 15 is 0 Å². The van der Waals surface area contributed by atoms with Gasteiger partial charge in [-0.25, -0.2) is 4.57 Å². The van der Waals surface area contributed by atoms with Gasteiger partial charge < -0.3 is 14.5 Å². The van der Waals surface area contributed by atoms with E-state index in [9.17, 15) is 9.36 Å². The number of rotatable bonds is 26. The number of unbranched alkanes of at least 4 members (excludes halogenated alkanes) is 17. The van der Waals surface area contributed by atoms with Crippen LogP contribution in [-0.2, 0) is 18.6 Å². The summed E-state index contributed by atoms with van der Waals surface area (Å²) in [7, 11) is -4.42. The van der Waals surface area contributed by atoms with Crippen LogP contribution in [0.4, 0.5) is 0 Å². The largest absolute Gasteiger partial charge is 0.469 e. The highest BCUT2D eigenvalue weighted by Gasteiger charge is 2.12. The predicted octanol–water partition coefficient (Wildman–Crippen LogP) is 7.50. The Morgan fingerprint density at radius 3 is 1.41 bits per heavy atom. The van der Waals surface area contributed by atoms with Gasteiger partial charge in [-0.05, 0) is 6.42 Å². The molecule has 0 bridgehead atoms. The van der Waals surface area contributed by atoms with Crippen LogP contribution in [-0.4, -0.2) is 35.4 Å². The van der Waals surface area contributed by atoms with Crippen LogP contribution in [0.3, 0.4) is 0 Å². The van der Waals surface area contributed by atoms with Crippen LogP contribution in [0, 0.1) is 0 Å². The minimum atomic E-state index is -4.42. The maximum absolute atomic E-state index is 11.8. The smallest absolute Gasteiger partial charge is 0.379 e. The van der Waals surface area contributed by atoms with Crippen LogP contribution in [0.2, 0.25) is 0 Å². The molecule has 0 rings (SSSR count). The number of Topliss-reactive ketones (excluding diaryl/α,β-unsaturated/α-hetero) is 1. The van der Waals surface area contributed by atoms with Crippen molar-refractivity contribution in [1.29, 1.82) is 0 Å². The molecule has 192 valence electrons. The number of hydrogen-bond acceptors (Lipinski definition) is 4. The van der Waals surface area contributed by atoms with Crippen molar-refractivity contribution in [1.82, 2.24) is 0 Å². The summed E-state index contributed by atoms with van der Waals surface area (Å²) in [5, 5.41) is 0. The molecule has 6 nitrogen and oxygen atoms in total. The average molecular weight is 479 g/mol. The normalized spacial score (nSPS) is 11.8. The SMILES string of the molecule is CCCCCCCCCCCCCCCCCCCCC(=O)CCOCCOP(=O)(O)O. The van der Waals surface area contributed by atoms with E-state index in [-0.39, 0.29) is 25.6 Å². The monoisotopic (exact) mass is 478 g/mol. The van der Waals surface area contributed by atoms with Crippen LogP contribution in [0.15, 0.2) is 0 Å². The highest BCUT2D eigenvalue weighted by Crippen LogP contribution is 2.35. The lowest BCUT2D eigenvalue weighted by Gasteiger charge is -2.06. The molecule has 0 saturated carbocycles. The molecule has 0 radical (unpaired) electrons. The lowest BCUT2D eigenvalue weighted by atomic mass is 10.0. The van der Waals surface area contributed by atoms with Crippen molar-refractivity contribution < 1.29 is 28.4 Å². The zero-order valence-corrected chi connectivity index (χ0v) is 21.6. The van der Waals surface area contributed by atoms with Gasteiger partial charge in [0.25, 0.3) is 0 Å². The summed E-state index contributed by atoms with van der Waals surface area (Å²) in [6, 6.07) is 0. The van der Waals surface area contributed by atoms with Crippen LogP contribution in [0.25, 0.3) is 0 Å². The Labute approximate surface area is 197 Å². The summed E-state index contributed by atoms with van der Waals surface area (Å²) in [5.74, 6) is 0.192. The van der Waals surface area contributed by atoms with Crippen molar-refractivity contribution >= 4 is 13.6 Å². The second-order valence-electron chi connectivity index (χ2n) is 8.99.